The van der Waals surface area contributed by atoms with Crippen LogP contribution >= 0.6 is 0 Å². The first-order valence-electron chi connectivity index (χ1n) is 10.0. The van der Waals surface area contributed by atoms with Crippen molar-refractivity contribution in [2.24, 2.45) is 0 Å². The monoisotopic (exact) mass is 397 g/mol. The second-order valence-electron chi connectivity index (χ2n) is 7.23. The van der Waals surface area contributed by atoms with Crippen LogP contribution in [0.3, 0.4) is 0 Å². The van der Waals surface area contributed by atoms with Gasteiger partial charge < -0.3 is 24.2 Å². The molecule has 8 heteroatoms. The van der Waals surface area contributed by atoms with Gasteiger partial charge in [0, 0.05) is 45.3 Å². The van der Waals surface area contributed by atoms with Crippen LogP contribution in [0.1, 0.15) is 5.56 Å². The lowest BCUT2D eigenvalue weighted by Crippen LogP contribution is -2.49. The van der Waals surface area contributed by atoms with Gasteiger partial charge in [0.15, 0.2) is 0 Å². The highest BCUT2D eigenvalue weighted by atomic mass is 16.5. The van der Waals surface area contributed by atoms with E-state index in [0.717, 1.165) is 62.3 Å². The van der Waals surface area contributed by atoms with Crippen molar-refractivity contribution in [2.45, 2.75) is 6.42 Å². The van der Waals surface area contributed by atoms with Crippen LogP contribution in [0.15, 0.2) is 36.7 Å². The average Bonchev–Trinajstić information content (AvgIpc) is 2.80. The number of carbonyl (C=O) groups is 1. The van der Waals surface area contributed by atoms with E-state index in [-0.39, 0.29) is 5.91 Å². The predicted octanol–water partition coefficient (Wildman–Crippen LogP) is 1.21. The molecule has 1 aromatic carbocycles. The minimum atomic E-state index is 0.159. The van der Waals surface area contributed by atoms with Crippen LogP contribution in [0, 0.1) is 0 Å². The summed E-state index contributed by atoms with van der Waals surface area (Å²) in [6, 6.07) is 9.71. The standard InChI is InChI=1S/C21H27N5O3/c1-28-18-4-2-17(3-5-18)14-21(27)26-8-6-24(7-9-26)19-15-20(23-16-22-19)25-10-12-29-13-11-25/h2-5,15-16H,6-14H2,1H3. The summed E-state index contributed by atoms with van der Waals surface area (Å²) in [6.07, 6.45) is 2.04. The molecule has 2 saturated heterocycles. The lowest BCUT2D eigenvalue weighted by molar-refractivity contribution is -0.130. The number of anilines is 2. The van der Waals surface area contributed by atoms with Crippen molar-refractivity contribution in [1.82, 2.24) is 14.9 Å². The molecule has 0 unspecified atom stereocenters. The number of methoxy groups -OCH3 is 1. The van der Waals surface area contributed by atoms with E-state index in [4.69, 9.17) is 9.47 Å². The van der Waals surface area contributed by atoms with Crippen molar-refractivity contribution in [1.29, 1.82) is 0 Å². The topological polar surface area (TPSA) is 71.0 Å². The third-order valence-electron chi connectivity index (χ3n) is 5.44. The maximum atomic E-state index is 12.7. The van der Waals surface area contributed by atoms with Crippen LogP contribution < -0.4 is 14.5 Å². The summed E-state index contributed by atoms with van der Waals surface area (Å²) < 4.78 is 10.6. The second kappa shape index (κ2) is 9.09. The lowest BCUT2D eigenvalue weighted by Gasteiger charge is -2.36. The summed E-state index contributed by atoms with van der Waals surface area (Å²) >= 11 is 0. The maximum Gasteiger partial charge on any atom is 0.227 e. The SMILES string of the molecule is COc1ccc(CC(=O)N2CCN(c3cc(N4CCOCC4)ncn3)CC2)cc1. The molecule has 1 amide bonds. The number of rotatable bonds is 5. The van der Waals surface area contributed by atoms with Gasteiger partial charge in [-0.05, 0) is 17.7 Å². The van der Waals surface area contributed by atoms with E-state index < -0.39 is 0 Å². The van der Waals surface area contributed by atoms with Crippen LogP contribution in [0.25, 0.3) is 0 Å². The molecule has 154 valence electrons. The van der Waals surface area contributed by atoms with Crippen molar-refractivity contribution >= 4 is 17.5 Å². The Morgan fingerprint density at radius 2 is 1.59 bits per heavy atom. The zero-order valence-corrected chi connectivity index (χ0v) is 16.8. The van der Waals surface area contributed by atoms with Crippen LogP contribution in [0.2, 0.25) is 0 Å². The van der Waals surface area contributed by atoms with Gasteiger partial charge in [-0.1, -0.05) is 12.1 Å². The van der Waals surface area contributed by atoms with E-state index in [9.17, 15) is 4.79 Å². The van der Waals surface area contributed by atoms with Crippen LogP contribution in [-0.2, 0) is 16.0 Å². The Labute approximate surface area is 171 Å². The van der Waals surface area contributed by atoms with E-state index in [2.05, 4.69) is 19.8 Å². The number of hydrogen-bond acceptors (Lipinski definition) is 7. The molecule has 4 rings (SSSR count). The highest BCUT2D eigenvalue weighted by Gasteiger charge is 2.23. The Bertz CT molecular complexity index is 815. The molecular weight excluding hydrogens is 370 g/mol. The first-order chi connectivity index (χ1) is 14.2. The molecule has 0 bridgehead atoms. The Kier molecular flexibility index (Phi) is 6.09. The number of nitrogens with zero attached hydrogens (tertiary/aromatic N) is 5. The van der Waals surface area contributed by atoms with E-state index in [1.165, 1.54) is 0 Å². The molecule has 29 heavy (non-hydrogen) atoms. The summed E-state index contributed by atoms with van der Waals surface area (Å²) in [5.74, 6) is 2.82. The summed E-state index contributed by atoms with van der Waals surface area (Å²) in [5.41, 5.74) is 1.00. The van der Waals surface area contributed by atoms with Crippen molar-refractivity contribution < 1.29 is 14.3 Å². The normalized spacial score (nSPS) is 17.3. The fourth-order valence-electron chi connectivity index (χ4n) is 3.69. The Morgan fingerprint density at radius 1 is 0.966 bits per heavy atom. The van der Waals surface area contributed by atoms with Gasteiger partial charge in [-0.2, -0.15) is 0 Å². The Morgan fingerprint density at radius 3 is 2.21 bits per heavy atom. The zero-order chi connectivity index (χ0) is 20.1. The molecule has 8 nitrogen and oxygen atoms in total. The van der Waals surface area contributed by atoms with Crippen molar-refractivity contribution in [3.8, 4) is 5.75 Å². The third kappa shape index (κ3) is 4.76. The summed E-state index contributed by atoms with van der Waals surface area (Å²) in [6.45, 7) is 6.11. The van der Waals surface area contributed by atoms with Gasteiger partial charge >= 0.3 is 0 Å². The molecule has 2 fully saturated rings. The molecule has 0 spiro atoms. The summed E-state index contributed by atoms with van der Waals surface area (Å²) in [4.78, 5) is 27.9. The maximum absolute atomic E-state index is 12.7. The van der Waals surface area contributed by atoms with Gasteiger partial charge in [-0.3, -0.25) is 4.79 Å². The van der Waals surface area contributed by atoms with Crippen LogP contribution in [0.4, 0.5) is 11.6 Å². The minimum Gasteiger partial charge on any atom is -0.497 e. The summed E-state index contributed by atoms with van der Waals surface area (Å²) in [7, 11) is 1.64. The highest BCUT2D eigenvalue weighted by molar-refractivity contribution is 5.79. The van der Waals surface area contributed by atoms with E-state index in [1.807, 2.05) is 35.2 Å². The Hall–Kier alpha value is -2.87. The van der Waals surface area contributed by atoms with Crippen LogP contribution in [-0.4, -0.2) is 80.4 Å². The molecule has 2 aliphatic heterocycles. The van der Waals surface area contributed by atoms with Crippen LogP contribution in [0.5, 0.6) is 5.75 Å². The van der Waals surface area contributed by atoms with Crippen molar-refractivity contribution in [3.63, 3.8) is 0 Å². The van der Waals surface area contributed by atoms with Gasteiger partial charge in [-0.15, -0.1) is 0 Å². The quantitative estimate of drug-likeness (QED) is 0.751. The lowest BCUT2D eigenvalue weighted by atomic mass is 10.1. The number of carbonyl (C=O) groups excluding carboxylic acids is 1. The van der Waals surface area contributed by atoms with Gasteiger partial charge in [0.05, 0.1) is 26.7 Å². The van der Waals surface area contributed by atoms with E-state index in [1.54, 1.807) is 13.4 Å². The van der Waals surface area contributed by atoms with E-state index in [0.29, 0.717) is 19.5 Å². The van der Waals surface area contributed by atoms with Gasteiger partial charge in [-0.25, -0.2) is 9.97 Å². The zero-order valence-electron chi connectivity index (χ0n) is 16.8. The first kappa shape index (κ1) is 19.4. The molecule has 3 heterocycles. The molecular formula is C21H27N5O3. The molecule has 1 aromatic heterocycles. The summed E-state index contributed by atoms with van der Waals surface area (Å²) in [5, 5.41) is 0. The number of piperazine rings is 1. The largest absolute Gasteiger partial charge is 0.497 e. The van der Waals surface area contributed by atoms with Crippen molar-refractivity contribution in [2.75, 3.05) is 69.4 Å². The molecule has 0 N–H and O–H groups in total. The fraction of sp³-hybridized carbons (Fsp3) is 0.476. The predicted molar refractivity (Wildman–Crippen MR) is 111 cm³/mol. The van der Waals surface area contributed by atoms with Gasteiger partial charge in [0.2, 0.25) is 5.91 Å². The number of aromatic nitrogens is 2. The third-order valence-corrected chi connectivity index (χ3v) is 5.44. The first-order valence-corrected chi connectivity index (χ1v) is 10.0. The smallest absolute Gasteiger partial charge is 0.227 e. The fourth-order valence-corrected chi connectivity index (χ4v) is 3.69. The minimum absolute atomic E-state index is 0.159. The van der Waals surface area contributed by atoms with Gasteiger partial charge in [0.25, 0.3) is 0 Å². The highest BCUT2D eigenvalue weighted by Crippen LogP contribution is 2.20. The van der Waals surface area contributed by atoms with Crippen molar-refractivity contribution in [3.05, 3.63) is 42.2 Å². The average molecular weight is 397 g/mol. The molecule has 0 atom stereocenters. The van der Waals surface area contributed by atoms with Gasteiger partial charge in [0.1, 0.15) is 23.7 Å². The number of benzene rings is 1. The molecule has 0 saturated carbocycles. The number of morpholine rings is 1. The molecule has 2 aromatic rings. The second-order valence-corrected chi connectivity index (χ2v) is 7.23. The number of amides is 1. The van der Waals surface area contributed by atoms with E-state index >= 15 is 0 Å². The number of ether oxygens (including phenoxy) is 2. The Balaban J connectivity index is 1.32. The molecule has 2 aliphatic rings. The molecule has 0 aliphatic carbocycles. The molecule has 0 radical (unpaired) electrons. The number of hydrogen-bond donors (Lipinski definition) is 0.